The third-order valence-electron chi connectivity index (χ3n) is 3.63. The molecule has 164 valence electrons. The zero-order valence-electron chi connectivity index (χ0n) is 16.3. The molecule has 0 saturated heterocycles. The summed E-state index contributed by atoms with van der Waals surface area (Å²) in [4.78, 5) is 12.9. The number of aromatic nitrogens is 4. The van der Waals surface area contributed by atoms with Gasteiger partial charge >= 0.3 is 12.4 Å². The van der Waals surface area contributed by atoms with Gasteiger partial charge in [-0.2, -0.15) is 36.2 Å². The van der Waals surface area contributed by atoms with Crippen molar-refractivity contribution in [2.24, 2.45) is 10.5 Å². The Morgan fingerprint density at radius 3 is 2.07 bits per heavy atom. The molecule has 1 heterocycles. The van der Waals surface area contributed by atoms with E-state index in [1.807, 2.05) is 20.8 Å². The number of carbonyl (C=O) groups is 1. The molecule has 0 saturated carbocycles. The number of amides is 1. The van der Waals surface area contributed by atoms with E-state index in [0.717, 1.165) is 4.80 Å². The Bertz CT molecular complexity index is 909. The third kappa shape index (κ3) is 6.00. The summed E-state index contributed by atoms with van der Waals surface area (Å²) in [6.07, 6.45) is -8.53. The zero-order chi connectivity index (χ0) is 22.9. The minimum Gasteiger partial charge on any atom is -0.271 e. The van der Waals surface area contributed by atoms with Gasteiger partial charge in [0, 0.05) is 11.8 Å². The predicted molar refractivity (Wildman–Crippen MR) is 94.1 cm³/mol. The number of tetrazole rings is 1. The molecule has 0 radical (unpaired) electrons. The van der Waals surface area contributed by atoms with Gasteiger partial charge < -0.3 is 0 Å². The van der Waals surface area contributed by atoms with E-state index in [1.165, 1.54) is 13.1 Å². The van der Waals surface area contributed by atoms with Crippen LogP contribution in [0.25, 0.3) is 11.4 Å². The molecule has 30 heavy (non-hydrogen) atoms. The fourth-order valence-corrected chi connectivity index (χ4v) is 2.08. The van der Waals surface area contributed by atoms with Crippen molar-refractivity contribution in [1.29, 1.82) is 0 Å². The molecule has 1 amide bonds. The Hall–Kier alpha value is -2.99. The summed E-state index contributed by atoms with van der Waals surface area (Å²) in [6, 6.07) is -0.113. The van der Waals surface area contributed by atoms with Crippen LogP contribution < -0.4 is 5.43 Å². The van der Waals surface area contributed by atoms with Gasteiger partial charge in [-0.05, 0) is 35.8 Å². The molecular formula is C17H18F6N6O. The first-order chi connectivity index (χ1) is 13.6. The van der Waals surface area contributed by atoms with Gasteiger partial charge in [0.2, 0.25) is 5.82 Å². The standard InChI is InChI=1S/C17H18F6N6O/c1-9(14(30)26-24-8-15(2,3)4)29-27-13(25-28-29)10-5-11(16(18,19)20)7-12(6-10)17(21,22)23/h5-9H,1-4H3,(H,26,30)/b24-8-/t9-/m1/s1. The first-order valence-corrected chi connectivity index (χ1v) is 8.51. The highest BCUT2D eigenvalue weighted by Crippen LogP contribution is 2.38. The molecule has 0 aliphatic carbocycles. The lowest BCUT2D eigenvalue weighted by Crippen LogP contribution is -2.29. The highest BCUT2D eigenvalue weighted by Gasteiger charge is 2.37. The van der Waals surface area contributed by atoms with Crippen LogP contribution in [0.2, 0.25) is 0 Å². The zero-order valence-corrected chi connectivity index (χ0v) is 16.3. The summed E-state index contributed by atoms with van der Waals surface area (Å²) in [5.74, 6) is -1.15. The lowest BCUT2D eigenvalue weighted by Gasteiger charge is -2.13. The van der Waals surface area contributed by atoms with E-state index in [1.54, 1.807) is 0 Å². The van der Waals surface area contributed by atoms with Crippen LogP contribution in [-0.2, 0) is 17.1 Å². The highest BCUT2D eigenvalue weighted by molar-refractivity contribution is 5.80. The van der Waals surface area contributed by atoms with Crippen molar-refractivity contribution in [3.8, 4) is 11.4 Å². The SMILES string of the molecule is C[C@H](C(=O)N/N=C\C(C)(C)C)n1nnc(-c2cc(C(F)(F)F)cc(C(F)(F)F)c2)n1. The van der Waals surface area contributed by atoms with Gasteiger partial charge in [-0.15, -0.1) is 10.2 Å². The fraction of sp³-hybridized carbons (Fsp3) is 0.471. The lowest BCUT2D eigenvalue weighted by atomic mass is 9.99. The molecule has 0 fully saturated rings. The van der Waals surface area contributed by atoms with Crippen LogP contribution in [0.15, 0.2) is 23.3 Å². The van der Waals surface area contributed by atoms with Gasteiger partial charge in [0.25, 0.3) is 5.91 Å². The van der Waals surface area contributed by atoms with E-state index in [9.17, 15) is 31.1 Å². The van der Waals surface area contributed by atoms with Crippen LogP contribution in [0.5, 0.6) is 0 Å². The predicted octanol–water partition coefficient (Wildman–Crippen LogP) is 4.09. The van der Waals surface area contributed by atoms with Crippen LogP contribution in [0.3, 0.4) is 0 Å². The Morgan fingerprint density at radius 1 is 1.07 bits per heavy atom. The number of carbonyl (C=O) groups excluding carboxylic acids is 1. The molecule has 1 aromatic heterocycles. The van der Waals surface area contributed by atoms with Gasteiger partial charge in [-0.3, -0.25) is 4.79 Å². The van der Waals surface area contributed by atoms with Crippen LogP contribution in [0.4, 0.5) is 26.3 Å². The molecule has 0 aliphatic rings. The van der Waals surface area contributed by atoms with E-state index in [0.29, 0.717) is 12.1 Å². The number of rotatable bonds is 4. The van der Waals surface area contributed by atoms with Gasteiger partial charge in [0.05, 0.1) is 11.1 Å². The van der Waals surface area contributed by atoms with E-state index in [2.05, 4.69) is 25.9 Å². The highest BCUT2D eigenvalue weighted by atomic mass is 19.4. The monoisotopic (exact) mass is 436 g/mol. The minimum atomic E-state index is -5.01. The van der Waals surface area contributed by atoms with Crippen LogP contribution in [-0.4, -0.2) is 32.3 Å². The number of nitrogens with zero attached hydrogens (tertiary/aromatic N) is 5. The molecule has 2 rings (SSSR count). The molecule has 0 bridgehead atoms. The Labute approximate surface area is 167 Å². The van der Waals surface area contributed by atoms with Crippen LogP contribution in [0, 0.1) is 5.41 Å². The number of benzene rings is 1. The Morgan fingerprint density at radius 2 is 1.60 bits per heavy atom. The topological polar surface area (TPSA) is 85.1 Å². The molecule has 1 atom stereocenters. The number of halogens is 6. The molecule has 1 N–H and O–H groups in total. The number of nitrogens with one attached hydrogen (secondary N) is 1. The van der Waals surface area contributed by atoms with Crippen molar-refractivity contribution in [1.82, 2.24) is 25.6 Å². The van der Waals surface area contributed by atoms with Crippen molar-refractivity contribution in [2.45, 2.75) is 46.1 Å². The average Bonchev–Trinajstić information content (AvgIpc) is 3.08. The second kappa shape index (κ2) is 8.03. The Kier molecular flexibility index (Phi) is 6.23. The molecule has 7 nitrogen and oxygen atoms in total. The number of hydrazone groups is 1. The van der Waals surface area contributed by atoms with E-state index in [-0.39, 0.29) is 11.5 Å². The van der Waals surface area contributed by atoms with Gasteiger partial charge in [-0.1, -0.05) is 20.8 Å². The summed E-state index contributed by atoms with van der Waals surface area (Å²) in [6.45, 7) is 6.91. The first-order valence-electron chi connectivity index (χ1n) is 8.51. The summed E-state index contributed by atoms with van der Waals surface area (Å²) >= 11 is 0. The summed E-state index contributed by atoms with van der Waals surface area (Å²) in [7, 11) is 0. The van der Waals surface area contributed by atoms with Gasteiger partial charge in [-0.25, -0.2) is 5.43 Å². The van der Waals surface area contributed by atoms with Crippen molar-refractivity contribution < 1.29 is 31.1 Å². The third-order valence-corrected chi connectivity index (χ3v) is 3.63. The Balaban J connectivity index is 2.33. The van der Waals surface area contributed by atoms with Crippen LogP contribution in [0.1, 0.15) is 44.9 Å². The quantitative estimate of drug-likeness (QED) is 0.445. The largest absolute Gasteiger partial charge is 0.416 e. The summed E-state index contributed by atoms with van der Waals surface area (Å²) in [5.41, 5.74) is -1.60. The van der Waals surface area contributed by atoms with Crippen molar-refractivity contribution in [3.05, 3.63) is 29.3 Å². The van der Waals surface area contributed by atoms with Gasteiger partial charge in [0.1, 0.15) is 0 Å². The van der Waals surface area contributed by atoms with Crippen LogP contribution >= 0.6 is 0 Å². The molecule has 0 spiro atoms. The normalized spacial score (nSPS) is 14.2. The smallest absolute Gasteiger partial charge is 0.271 e. The molecule has 2 aromatic rings. The maximum atomic E-state index is 13.0. The number of hydrogen-bond acceptors (Lipinski definition) is 5. The molecule has 0 aliphatic heterocycles. The second-order valence-corrected chi connectivity index (χ2v) is 7.50. The van der Waals surface area contributed by atoms with Crippen molar-refractivity contribution >= 4 is 12.1 Å². The molecular weight excluding hydrogens is 418 g/mol. The van der Waals surface area contributed by atoms with Crippen molar-refractivity contribution in [3.63, 3.8) is 0 Å². The van der Waals surface area contributed by atoms with E-state index < -0.39 is 46.8 Å². The van der Waals surface area contributed by atoms with Gasteiger partial charge in [0.15, 0.2) is 6.04 Å². The van der Waals surface area contributed by atoms with E-state index >= 15 is 0 Å². The molecule has 1 aromatic carbocycles. The number of hydrogen-bond donors (Lipinski definition) is 1. The maximum Gasteiger partial charge on any atom is 0.416 e. The van der Waals surface area contributed by atoms with E-state index in [4.69, 9.17) is 0 Å². The summed E-state index contributed by atoms with van der Waals surface area (Å²) in [5, 5.41) is 14.6. The average molecular weight is 436 g/mol. The second-order valence-electron chi connectivity index (χ2n) is 7.50. The fourth-order valence-electron chi connectivity index (χ4n) is 2.08. The molecule has 13 heteroatoms. The minimum absolute atomic E-state index is 0.00276. The lowest BCUT2D eigenvalue weighted by molar-refractivity contribution is -0.143. The number of alkyl halides is 6. The maximum absolute atomic E-state index is 13.0. The summed E-state index contributed by atoms with van der Waals surface area (Å²) < 4.78 is 78.0. The molecule has 0 unspecified atom stereocenters. The first kappa shape index (κ1) is 23.3. The van der Waals surface area contributed by atoms with Crippen molar-refractivity contribution in [2.75, 3.05) is 0 Å².